The summed E-state index contributed by atoms with van der Waals surface area (Å²) in [5.74, 6) is 0. The number of hydrogen-bond donors (Lipinski definition) is 0. The normalized spacial score (nSPS) is 16.4. The van der Waals surface area contributed by atoms with Gasteiger partial charge in [0.2, 0.25) is 0 Å². The first kappa shape index (κ1) is 14.5. The van der Waals surface area contributed by atoms with Crippen LogP contribution in [0.15, 0.2) is 0 Å². The minimum Gasteiger partial charge on any atom is -0.291 e. The number of halogens is 2. The van der Waals surface area contributed by atoms with Crippen molar-refractivity contribution in [3.63, 3.8) is 0 Å². The topological polar surface area (TPSA) is 6.48 Å². The molecule has 0 saturated carbocycles. The minimum absolute atomic E-state index is 0. The molecule has 2 nitrogen and oxygen atoms in total. The average molecular weight is 244 g/mol. The maximum Gasteiger partial charge on any atom is 0.114 e. The van der Waals surface area contributed by atoms with Crippen LogP contribution in [0.5, 0.6) is 0 Å². The molecule has 0 aromatic rings. The van der Waals surface area contributed by atoms with Crippen molar-refractivity contribution in [1.82, 2.24) is 9.80 Å². The summed E-state index contributed by atoms with van der Waals surface area (Å²) in [6, 6.07) is 0. The van der Waals surface area contributed by atoms with Crippen molar-refractivity contribution >= 4 is 23.2 Å². The molecule has 0 N–H and O–H groups in total. The molecule has 0 aliphatic carbocycles. The Morgan fingerprint density at radius 3 is 1.09 bits per heavy atom. The Morgan fingerprint density at radius 1 is 0.818 bits per heavy atom. The number of likely N-dealkylation sites (N-methyl/N-ethyl adjacent to an activating group) is 2. The molecular formula is C6H14Cl2N2Ni. The molecule has 0 aliphatic heterocycles. The van der Waals surface area contributed by atoms with Crippen LogP contribution in [0.25, 0.3) is 0 Å². The van der Waals surface area contributed by atoms with E-state index in [0.717, 1.165) is 0 Å². The zero-order valence-electron chi connectivity index (χ0n) is 7.12. The Kier molecular flexibility index (Phi) is 8.58. The summed E-state index contributed by atoms with van der Waals surface area (Å²) in [5.41, 5.74) is -0.284. The van der Waals surface area contributed by atoms with Crippen LogP contribution >= 0.6 is 23.2 Å². The fraction of sp³-hybridized carbons (Fsp3) is 1.00. The Labute approximate surface area is 88.7 Å². The third-order valence-corrected chi connectivity index (χ3v) is 2.60. The van der Waals surface area contributed by atoms with Gasteiger partial charge in [0.25, 0.3) is 0 Å². The second-order valence-electron chi connectivity index (χ2n) is 2.67. The molecule has 2 atom stereocenters. The largest absolute Gasteiger partial charge is 0.291 e. The smallest absolute Gasteiger partial charge is 0.114 e. The van der Waals surface area contributed by atoms with Gasteiger partial charge in [-0.15, -0.1) is 23.2 Å². The van der Waals surface area contributed by atoms with E-state index in [4.69, 9.17) is 23.2 Å². The predicted molar refractivity (Wildman–Crippen MR) is 46.7 cm³/mol. The zero-order chi connectivity index (χ0) is 8.31. The van der Waals surface area contributed by atoms with Gasteiger partial charge >= 0.3 is 0 Å². The van der Waals surface area contributed by atoms with E-state index >= 15 is 0 Å². The fourth-order valence-electron chi connectivity index (χ4n) is 0.492. The van der Waals surface area contributed by atoms with Gasteiger partial charge in [0.1, 0.15) is 11.0 Å². The quantitative estimate of drug-likeness (QED) is 0.418. The molecule has 0 bridgehead atoms. The molecule has 11 heavy (non-hydrogen) atoms. The molecule has 0 radical (unpaired) electrons. The molecule has 0 aromatic heterocycles. The van der Waals surface area contributed by atoms with Gasteiger partial charge < -0.3 is 0 Å². The Bertz CT molecular complexity index is 88.6. The maximum atomic E-state index is 5.91. The number of rotatable bonds is 3. The Balaban J connectivity index is 0. The van der Waals surface area contributed by atoms with E-state index in [-0.39, 0.29) is 27.5 Å². The first-order valence-corrected chi connectivity index (χ1v) is 3.95. The second kappa shape index (κ2) is 6.50. The monoisotopic (exact) mass is 242 g/mol. The van der Waals surface area contributed by atoms with Crippen LogP contribution in [-0.2, 0) is 16.5 Å². The van der Waals surface area contributed by atoms with E-state index in [1.165, 1.54) is 0 Å². The van der Waals surface area contributed by atoms with Crippen molar-refractivity contribution in [3.8, 4) is 0 Å². The second-order valence-corrected chi connectivity index (χ2v) is 3.57. The first-order chi connectivity index (χ1) is 4.46. The Hall–Kier alpha value is 0.994. The molecule has 2 unspecified atom stereocenters. The van der Waals surface area contributed by atoms with Crippen molar-refractivity contribution in [2.75, 3.05) is 28.2 Å². The standard InChI is InChI=1S/C6H14Cl2N2.Ni/c1-9(2)5(7)6(8)10(3)4;/h5-6H,1-4H3;. The SMILES string of the molecule is CN(C)C(Cl)C(Cl)N(C)C.[Ni]. The van der Waals surface area contributed by atoms with Crippen molar-refractivity contribution in [1.29, 1.82) is 0 Å². The van der Waals surface area contributed by atoms with E-state index in [1.54, 1.807) is 0 Å². The summed E-state index contributed by atoms with van der Waals surface area (Å²) in [5, 5.41) is 0. The van der Waals surface area contributed by atoms with Gasteiger partial charge in [0, 0.05) is 16.5 Å². The summed E-state index contributed by atoms with van der Waals surface area (Å²) >= 11 is 11.8. The van der Waals surface area contributed by atoms with Crippen molar-refractivity contribution < 1.29 is 16.5 Å². The van der Waals surface area contributed by atoms with E-state index < -0.39 is 0 Å². The van der Waals surface area contributed by atoms with Crippen molar-refractivity contribution in [2.45, 2.75) is 11.0 Å². The molecule has 0 fully saturated rings. The Morgan fingerprint density at radius 2 is 1.00 bits per heavy atom. The summed E-state index contributed by atoms with van der Waals surface area (Å²) in [6.07, 6.45) is 0. The average Bonchev–Trinajstić information content (AvgIpc) is 1.84. The van der Waals surface area contributed by atoms with Gasteiger partial charge in [-0.2, -0.15) is 0 Å². The van der Waals surface area contributed by atoms with Gasteiger partial charge in [-0.25, -0.2) is 0 Å². The number of hydrogen-bond acceptors (Lipinski definition) is 2. The van der Waals surface area contributed by atoms with Crippen LogP contribution in [0.1, 0.15) is 0 Å². The molecule has 72 valence electrons. The van der Waals surface area contributed by atoms with Crippen LogP contribution in [0.4, 0.5) is 0 Å². The van der Waals surface area contributed by atoms with Crippen LogP contribution in [0.3, 0.4) is 0 Å². The number of nitrogens with zero attached hydrogens (tertiary/aromatic N) is 2. The van der Waals surface area contributed by atoms with Gasteiger partial charge in [0.05, 0.1) is 0 Å². The van der Waals surface area contributed by atoms with E-state index in [9.17, 15) is 0 Å². The summed E-state index contributed by atoms with van der Waals surface area (Å²) in [7, 11) is 7.60. The molecule has 5 heteroatoms. The summed E-state index contributed by atoms with van der Waals surface area (Å²) < 4.78 is 0. The van der Waals surface area contributed by atoms with Crippen molar-refractivity contribution in [3.05, 3.63) is 0 Å². The van der Waals surface area contributed by atoms with Gasteiger partial charge in [-0.3, -0.25) is 9.80 Å². The third kappa shape index (κ3) is 5.27. The summed E-state index contributed by atoms with van der Waals surface area (Å²) in [4.78, 5) is 3.75. The maximum absolute atomic E-state index is 5.91. The minimum atomic E-state index is -0.142. The van der Waals surface area contributed by atoms with E-state index in [0.29, 0.717) is 0 Å². The van der Waals surface area contributed by atoms with Crippen molar-refractivity contribution in [2.24, 2.45) is 0 Å². The van der Waals surface area contributed by atoms with Gasteiger partial charge in [0.15, 0.2) is 0 Å². The molecule has 0 spiro atoms. The van der Waals surface area contributed by atoms with Crippen LogP contribution in [0, 0.1) is 0 Å². The van der Waals surface area contributed by atoms with E-state index in [2.05, 4.69) is 0 Å². The van der Waals surface area contributed by atoms with Crippen LogP contribution in [-0.4, -0.2) is 49.0 Å². The molecule has 0 saturated heterocycles. The van der Waals surface area contributed by atoms with Crippen LogP contribution < -0.4 is 0 Å². The van der Waals surface area contributed by atoms with Gasteiger partial charge in [-0.1, -0.05) is 0 Å². The summed E-state index contributed by atoms with van der Waals surface area (Å²) in [6.45, 7) is 0. The molecule has 0 aliphatic rings. The number of alkyl halides is 2. The molecule has 0 rings (SSSR count). The third-order valence-electron chi connectivity index (χ3n) is 1.21. The van der Waals surface area contributed by atoms with Gasteiger partial charge in [-0.05, 0) is 28.2 Å². The first-order valence-electron chi connectivity index (χ1n) is 3.08. The molecule has 0 heterocycles. The molecule has 0 aromatic carbocycles. The molecule has 0 amide bonds. The zero-order valence-corrected chi connectivity index (χ0v) is 9.62. The van der Waals surface area contributed by atoms with Crippen LogP contribution in [0.2, 0.25) is 0 Å². The fourth-order valence-corrected chi connectivity index (χ4v) is 0.943. The predicted octanol–water partition coefficient (Wildman–Crippen LogP) is 1.24. The molecular weight excluding hydrogens is 230 g/mol. The van der Waals surface area contributed by atoms with E-state index in [1.807, 2.05) is 38.0 Å².